The molecule has 3 aromatic rings. The zero-order chi connectivity index (χ0) is 20.6. The van der Waals surface area contributed by atoms with Crippen LogP contribution in [0.5, 0.6) is 5.75 Å². The van der Waals surface area contributed by atoms with Gasteiger partial charge < -0.3 is 15.2 Å². The first-order chi connectivity index (χ1) is 13.9. The molecule has 29 heavy (non-hydrogen) atoms. The van der Waals surface area contributed by atoms with Gasteiger partial charge in [0.2, 0.25) is 0 Å². The van der Waals surface area contributed by atoms with Crippen LogP contribution in [0, 0.1) is 6.92 Å². The summed E-state index contributed by atoms with van der Waals surface area (Å²) in [5.74, 6) is 0.351. The summed E-state index contributed by atoms with van der Waals surface area (Å²) in [6.07, 6.45) is 5.75. The Morgan fingerprint density at radius 1 is 1.14 bits per heavy atom. The number of hydrogen-bond acceptors (Lipinski definition) is 5. The molecule has 2 aromatic heterocycles. The van der Waals surface area contributed by atoms with Gasteiger partial charge in [0.15, 0.2) is 0 Å². The van der Waals surface area contributed by atoms with Crippen LogP contribution in [0.2, 0.25) is 0 Å². The molecular weight excluding hydrogens is 366 g/mol. The molecule has 3 heterocycles. The number of nitrogens with one attached hydrogen (secondary N) is 1. The van der Waals surface area contributed by atoms with Gasteiger partial charge in [-0.05, 0) is 67.8 Å². The molecule has 0 saturated heterocycles. The highest BCUT2D eigenvalue weighted by molar-refractivity contribution is 5.94. The van der Waals surface area contributed by atoms with Gasteiger partial charge >= 0.3 is 0 Å². The van der Waals surface area contributed by atoms with Crippen molar-refractivity contribution in [2.45, 2.75) is 38.5 Å². The van der Waals surface area contributed by atoms with E-state index in [1.54, 1.807) is 24.5 Å². The second-order valence-electron chi connectivity index (χ2n) is 7.79. The molecule has 0 spiro atoms. The van der Waals surface area contributed by atoms with Crippen LogP contribution < -0.4 is 10.1 Å². The Labute approximate surface area is 169 Å². The molecule has 0 saturated carbocycles. The van der Waals surface area contributed by atoms with Crippen LogP contribution >= 0.6 is 0 Å². The number of aryl methyl sites for hydroxylation is 1. The number of carbonyl (C=O) groups excluding carboxylic acids is 1. The highest BCUT2D eigenvalue weighted by atomic mass is 16.5. The largest absolute Gasteiger partial charge is 0.485 e. The SMILES string of the molecule is Cc1cnccc1-c1ccc2c(c1)[C@@H](NC(=O)c1cccnc1)[C@H](O)C(C)(C)O2. The van der Waals surface area contributed by atoms with Crippen LogP contribution in [0.25, 0.3) is 11.1 Å². The van der Waals surface area contributed by atoms with E-state index in [1.807, 2.05) is 51.2 Å². The summed E-state index contributed by atoms with van der Waals surface area (Å²) >= 11 is 0. The first kappa shape index (κ1) is 19.1. The van der Waals surface area contributed by atoms with Crippen LogP contribution in [-0.4, -0.2) is 32.7 Å². The first-order valence-corrected chi connectivity index (χ1v) is 9.50. The fourth-order valence-electron chi connectivity index (χ4n) is 3.64. The lowest BCUT2D eigenvalue weighted by Gasteiger charge is -2.42. The lowest BCUT2D eigenvalue weighted by molar-refractivity contribution is -0.0627. The van der Waals surface area contributed by atoms with Crippen molar-refractivity contribution in [2.24, 2.45) is 0 Å². The van der Waals surface area contributed by atoms with Crippen molar-refractivity contribution < 1.29 is 14.6 Å². The van der Waals surface area contributed by atoms with Gasteiger partial charge in [-0.3, -0.25) is 14.8 Å². The Morgan fingerprint density at radius 3 is 2.66 bits per heavy atom. The van der Waals surface area contributed by atoms with E-state index in [9.17, 15) is 9.90 Å². The topological polar surface area (TPSA) is 84.3 Å². The summed E-state index contributed by atoms with van der Waals surface area (Å²) < 4.78 is 6.04. The predicted molar refractivity (Wildman–Crippen MR) is 110 cm³/mol. The van der Waals surface area contributed by atoms with E-state index in [2.05, 4.69) is 15.3 Å². The van der Waals surface area contributed by atoms with Crippen molar-refractivity contribution in [3.63, 3.8) is 0 Å². The third kappa shape index (κ3) is 3.59. The highest BCUT2D eigenvalue weighted by Crippen LogP contribution is 2.42. The number of aromatic nitrogens is 2. The number of carbonyl (C=O) groups is 1. The Morgan fingerprint density at radius 2 is 1.93 bits per heavy atom. The number of amides is 1. The van der Waals surface area contributed by atoms with E-state index >= 15 is 0 Å². The summed E-state index contributed by atoms with van der Waals surface area (Å²) in [5, 5.41) is 14.0. The van der Waals surface area contributed by atoms with Crippen molar-refractivity contribution in [3.8, 4) is 16.9 Å². The molecule has 6 nitrogen and oxygen atoms in total. The smallest absolute Gasteiger partial charge is 0.253 e. The third-order valence-corrected chi connectivity index (χ3v) is 5.29. The molecule has 6 heteroatoms. The van der Waals surface area contributed by atoms with Gasteiger partial charge in [-0.15, -0.1) is 0 Å². The predicted octanol–water partition coefficient (Wildman–Crippen LogP) is 3.46. The lowest BCUT2D eigenvalue weighted by atomic mass is 9.85. The van der Waals surface area contributed by atoms with E-state index in [-0.39, 0.29) is 5.91 Å². The molecule has 1 aromatic carbocycles. The van der Waals surface area contributed by atoms with Gasteiger partial charge in [0, 0.05) is 30.4 Å². The first-order valence-electron chi connectivity index (χ1n) is 9.50. The monoisotopic (exact) mass is 389 g/mol. The molecule has 0 bridgehead atoms. The highest BCUT2D eigenvalue weighted by Gasteiger charge is 2.43. The minimum absolute atomic E-state index is 0.295. The molecular formula is C23H23N3O3. The Hall–Kier alpha value is -3.25. The average molecular weight is 389 g/mol. The second kappa shape index (κ2) is 7.29. The van der Waals surface area contributed by atoms with Crippen molar-refractivity contribution in [2.75, 3.05) is 0 Å². The molecule has 0 aliphatic carbocycles. The molecule has 4 rings (SSSR count). The fourth-order valence-corrected chi connectivity index (χ4v) is 3.64. The fraction of sp³-hybridized carbons (Fsp3) is 0.261. The number of benzene rings is 1. The number of aliphatic hydroxyl groups excluding tert-OH is 1. The van der Waals surface area contributed by atoms with E-state index < -0.39 is 17.7 Å². The standard InChI is InChI=1S/C23H23N3O3/c1-14-12-25-10-8-17(14)15-6-7-19-18(11-15)20(21(27)23(2,3)29-19)26-22(28)16-5-4-9-24-13-16/h4-13,20-21,27H,1-3H3,(H,26,28)/t20-,21+/m1/s1. The minimum Gasteiger partial charge on any atom is -0.485 e. The molecule has 1 aliphatic heterocycles. The van der Waals surface area contributed by atoms with E-state index in [4.69, 9.17) is 4.74 Å². The number of pyridine rings is 2. The Bertz CT molecular complexity index is 1050. The molecule has 0 unspecified atom stereocenters. The lowest BCUT2D eigenvalue weighted by Crippen LogP contribution is -2.53. The van der Waals surface area contributed by atoms with Crippen LogP contribution in [0.1, 0.15) is 41.4 Å². The average Bonchev–Trinajstić information content (AvgIpc) is 2.72. The van der Waals surface area contributed by atoms with Gasteiger partial charge in [-0.25, -0.2) is 0 Å². The molecule has 2 atom stereocenters. The van der Waals surface area contributed by atoms with Crippen molar-refractivity contribution in [1.82, 2.24) is 15.3 Å². The normalized spacial score (nSPS) is 19.7. The van der Waals surface area contributed by atoms with Crippen LogP contribution in [-0.2, 0) is 0 Å². The molecule has 148 valence electrons. The molecule has 1 amide bonds. The molecule has 0 radical (unpaired) electrons. The quantitative estimate of drug-likeness (QED) is 0.717. The van der Waals surface area contributed by atoms with Gasteiger partial charge in [0.25, 0.3) is 5.91 Å². The molecule has 0 fully saturated rings. The number of rotatable bonds is 3. The maximum atomic E-state index is 12.8. The summed E-state index contributed by atoms with van der Waals surface area (Å²) in [7, 11) is 0. The van der Waals surface area contributed by atoms with Crippen LogP contribution in [0.3, 0.4) is 0 Å². The zero-order valence-electron chi connectivity index (χ0n) is 16.6. The summed E-state index contributed by atoms with van der Waals surface area (Å²) in [5.41, 5.74) is 3.38. The third-order valence-electron chi connectivity index (χ3n) is 5.29. The second-order valence-corrected chi connectivity index (χ2v) is 7.79. The number of aliphatic hydroxyl groups is 1. The van der Waals surface area contributed by atoms with Gasteiger partial charge in [-0.1, -0.05) is 6.07 Å². The van der Waals surface area contributed by atoms with E-state index in [0.29, 0.717) is 11.3 Å². The molecule has 1 aliphatic rings. The molecule has 2 N–H and O–H groups in total. The van der Waals surface area contributed by atoms with Gasteiger partial charge in [0.05, 0.1) is 11.6 Å². The van der Waals surface area contributed by atoms with E-state index in [0.717, 1.165) is 22.3 Å². The van der Waals surface area contributed by atoms with Crippen LogP contribution in [0.4, 0.5) is 0 Å². The maximum absolute atomic E-state index is 12.8. The van der Waals surface area contributed by atoms with Gasteiger partial charge in [-0.2, -0.15) is 0 Å². The van der Waals surface area contributed by atoms with Crippen molar-refractivity contribution in [3.05, 3.63) is 77.9 Å². The van der Waals surface area contributed by atoms with Gasteiger partial charge in [0.1, 0.15) is 17.5 Å². The van der Waals surface area contributed by atoms with Crippen molar-refractivity contribution in [1.29, 1.82) is 0 Å². The number of hydrogen-bond donors (Lipinski definition) is 2. The number of nitrogens with zero attached hydrogens (tertiary/aromatic N) is 2. The summed E-state index contributed by atoms with van der Waals surface area (Å²) in [6, 6.07) is 10.6. The summed E-state index contributed by atoms with van der Waals surface area (Å²) in [6.45, 7) is 5.62. The Balaban J connectivity index is 1.76. The summed E-state index contributed by atoms with van der Waals surface area (Å²) in [4.78, 5) is 20.9. The minimum atomic E-state index is -0.926. The Kier molecular flexibility index (Phi) is 4.80. The number of ether oxygens (including phenoxy) is 1. The van der Waals surface area contributed by atoms with E-state index in [1.165, 1.54) is 6.20 Å². The maximum Gasteiger partial charge on any atom is 0.253 e. The van der Waals surface area contributed by atoms with Crippen LogP contribution in [0.15, 0.2) is 61.2 Å². The van der Waals surface area contributed by atoms with Crippen molar-refractivity contribution >= 4 is 5.91 Å². The zero-order valence-corrected chi connectivity index (χ0v) is 16.6. The number of fused-ring (bicyclic) bond motifs is 1.